The minimum Gasteiger partial charge on any atom is -0.309 e. The Morgan fingerprint density at radius 3 is 1.53 bits per heavy atom. The predicted molar refractivity (Wildman–Crippen MR) is 158 cm³/mol. The second kappa shape index (κ2) is 8.13. The van der Waals surface area contributed by atoms with E-state index in [1.54, 1.807) is 0 Å². The number of rotatable bonds is 3. The standard InChI is InChI=1S/C36H22N2/c1-5-19-33-29(15-1)30-16-2-6-20-34(30)37(33)27-13-9-11-25(23-27)26-12-10-14-28(24-26)38-35-21-7-3-17-31(35)32-18-4-8-22-36(32)38/h1-7,9-21,23-24H. The normalized spacial score (nSPS) is 11.5. The molecule has 38 heavy (non-hydrogen) atoms. The zero-order valence-electron chi connectivity index (χ0n) is 20.6. The highest BCUT2D eigenvalue weighted by atomic mass is 15.0. The summed E-state index contributed by atoms with van der Waals surface area (Å²) in [6.45, 7) is 0. The highest BCUT2D eigenvalue weighted by Crippen LogP contribution is 2.35. The van der Waals surface area contributed by atoms with Crippen LogP contribution in [-0.2, 0) is 0 Å². The van der Waals surface area contributed by atoms with Crippen LogP contribution in [0.15, 0.2) is 133 Å². The van der Waals surface area contributed by atoms with Gasteiger partial charge in [-0.3, -0.25) is 0 Å². The number of hydrogen-bond acceptors (Lipinski definition) is 0. The largest absolute Gasteiger partial charge is 0.309 e. The lowest BCUT2D eigenvalue weighted by molar-refractivity contribution is 1.17. The molecule has 2 aromatic heterocycles. The van der Waals surface area contributed by atoms with Crippen molar-refractivity contribution in [2.45, 2.75) is 0 Å². The first-order chi connectivity index (χ1) is 18.9. The van der Waals surface area contributed by atoms with Crippen molar-refractivity contribution in [3.8, 4) is 22.5 Å². The summed E-state index contributed by atoms with van der Waals surface area (Å²) < 4.78 is 4.66. The van der Waals surface area contributed by atoms with Crippen LogP contribution in [0.25, 0.3) is 66.1 Å². The van der Waals surface area contributed by atoms with Crippen molar-refractivity contribution in [1.29, 1.82) is 0 Å². The predicted octanol–water partition coefficient (Wildman–Crippen LogP) is 9.15. The van der Waals surface area contributed by atoms with Crippen molar-refractivity contribution in [2.75, 3.05) is 0 Å². The maximum absolute atomic E-state index is 3.36. The first-order valence-corrected chi connectivity index (χ1v) is 12.9. The first kappa shape index (κ1) is 20.9. The Labute approximate surface area is 220 Å². The molecule has 0 atom stereocenters. The molecule has 0 fully saturated rings. The zero-order valence-corrected chi connectivity index (χ0v) is 20.6. The minimum absolute atomic E-state index is 1.05. The topological polar surface area (TPSA) is 9.86 Å². The molecule has 0 bridgehead atoms. The van der Waals surface area contributed by atoms with E-state index >= 15 is 0 Å². The van der Waals surface area contributed by atoms with Crippen LogP contribution >= 0.6 is 0 Å². The van der Waals surface area contributed by atoms with E-state index < -0.39 is 0 Å². The number of aromatic nitrogens is 2. The molecular formula is C36H22N2. The molecule has 0 aliphatic heterocycles. The van der Waals surface area contributed by atoms with Crippen LogP contribution in [0, 0.1) is 12.1 Å². The second-order valence-electron chi connectivity index (χ2n) is 9.69. The average molecular weight is 483 g/mol. The summed E-state index contributed by atoms with van der Waals surface area (Å²) in [7, 11) is 0. The molecule has 0 N–H and O–H groups in total. The summed E-state index contributed by atoms with van der Waals surface area (Å²) in [5.41, 5.74) is 9.29. The SMILES string of the molecule is c1ccc2c3ccccc3n(-c3cccc(-c4cccc(-n5c6ccccc6c6ccccc65)c4)c3)c2c#1. The van der Waals surface area contributed by atoms with Gasteiger partial charge in [0.2, 0.25) is 0 Å². The van der Waals surface area contributed by atoms with Gasteiger partial charge in [0.1, 0.15) is 5.52 Å². The molecule has 0 aliphatic rings. The fraction of sp³-hybridized carbons (Fsp3) is 0. The van der Waals surface area contributed by atoms with Gasteiger partial charge < -0.3 is 9.13 Å². The highest BCUT2D eigenvalue weighted by molar-refractivity contribution is 6.10. The summed E-state index contributed by atoms with van der Waals surface area (Å²) in [5.74, 6) is 0. The van der Waals surface area contributed by atoms with Gasteiger partial charge in [-0.1, -0.05) is 84.9 Å². The van der Waals surface area contributed by atoms with E-state index in [0.29, 0.717) is 0 Å². The van der Waals surface area contributed by atoms with E-state index in [2.05, 4.69) is 149 Å². The van der Waals surface area contributed by atoms with Crippen LogP contribution in [0.2, 0.25) is 0 Å². The van der Waals surface area contributed by atoms with Gasteiger partial charge in [0.25, 0.3) is 0 Å². The number of fused-ring (bicyclic) bond motifs is 6. The van der Waals surface area contributed by atoms with Gasteiger partial charge in [-0.05, 0) is 71.8 Å². The van der Waals surface area contributed by atoms with Crippen molar-refractivity contribution >= 4 is 43.6 Å². The van der Waals surface area contributed by atoms with Crippen molar-refractivity contribution in [3.63, 3.8) is 0 Å². The number of para-hydroxylation sites is 3. The van der Waals surface area contributed by atoms with E-state index in [4.69, 9.17) is 0 Å². The van der Waals surface area contributed by atoms with E-state index in [-0.39, 0.29) is 0 Å². The Balaban J connectivity index is 1.32. The minimum atomic E-state index is 1.05. The van der Waals surface area contributed by atoms with Crippen molar-refractivity contribution < 1.29 is 0 Å². The summed E-state index contributed by atoms with van der Waals surface area (Å²) in [5, 5.41) is 4.97. The number of hydrogen-bond donors (Lipinski definition) is 0. The van der Waals surface area contributed by atoms with E-state index in [0.717, 1.165) is 16.9 Å². The fourth-order valence-electron chi connectivity index (χ4n) is 5.91. The molecule has 8 aromatic rings. The van der Waals surface area contributed by atoms with Gasteiger partial charge in [0.05, 0.1) is 16.6 Å². The zero-order chi connectivity index (χ0) is 25.1. The van der Waals surface area contributed by atoms with Crippen LogP contribution < -0.4 is 0 Å². The fourth-order valence-corrected chi connectivity index (χ4v) is 5.91. The van der Waals surface area contributed by atoms with E-state index in [1.165, 1.54) is 49.2 Å². The van der Waals surface area contributed by atoms with Gasteiger partial charge in [-0.2, -0.15) is 0 Å². The molecule has 0 aliphatic carbocycles. The summed E-state index contributed by atoms with van der Waals surface area (Å²) >= 11 is 0. The Bertz CT molecular complexity index is 1880. The van der Waals surface area contributed by atoms with Gasteiger partial charge in [0.15, 0.2) is 0 Å². The van der Waals surface area contributed by atoms with Gasteiger partial charge in [0, 0.05) is 32.9 Å². The monoisotopic (exact) mass is 482 g/mol. The summed E-state index contributed by atoms with van der Waals surface area (Å²) in [6, 6.07) is 54.1. The quantitative estimate of drug-likeness (QED) is 0.238. The third kappa shape index (κ3) is 3.03. The molecule has 0 amide bonds. The molecule has 0 saturated heterocycles. The van der Waals surface area contributed by atoms with Gasteiger partial charge in [-0.25, -0.2) is 0 Å². The Morgan fingerprint density at radius 1 is 0.421 bits per heavy atom. The van der Waals surface area contributed by atoms with E-state index in [1.807, 2.05) is 6.07 Å². The summed E-state index contributed by atoms with van der Waals surface area (Å²) in [4.78, 5) is 0. The first-order valence-electron chi connectivity index (χ1n) is 12.9. The van der Waals surface area contributed by atoms with Crippen molar-refractivity contribution in [3.05, 3.63) is 146 Å². The molecule has 2 heteroatoms. The smallest absolute Gasteiger partial charge is 0.105 e. The third-order valence-electron chi connectivity index (χ3n) is 7.56. The lowest BCUT2D eigenvalue weighted by Crippen LogP contribution is -1.95. The van der Waals surface area contributed by atoms with E-state index in [9.17, 15) is 0 Å². The van der Waals surface area contributed by atoms with Gasteiger partial charge >= 0.3 is 0 Å². The Hall–Kier alpha value is -5.26. The summed E-state index contributed by atoms with van der Waals surface area (Å²) in [6.07, 6.45) is 0. The van der Waals surface area contributed by atoms with Crippen LogP contribution in [0.4, 0.5) is 0 Å². The lowest BCUT2D eigenvalue weighted by Gasteiger charge is -2.12. The molecule has 0 saturated carbocycles. The maximum atomic E-state index is 3.36. The highest BCUT2D eigenvalue weighted by Gasteiger charge is 2.14. The molecule has 8 rings (SSSR count). The molecule has 0 spiro atoms. The molecule has 6 aromatic carbocycles. The molecule has 176 valence electrons. The number of nitrogens with zero attached hydrogens (tertiary/aromatic N) is 2. The van der Waals surface area contributed by atoms with Crippen LogP contribution in [-0.4, -0.2) is 9.13 Å². The second-order valence-corrected chi connectivity index (χ2v) is 9.69. The molecule has 0 radical (unpaired) electrons. The van der Waals surface area contributed by atoms with Crippen LogP contribution in [0.3, 0.4) is 0 Å². The third-order valence-corrected chi connectivity index (χ3v) is 7.56. The maximum Gasteiger partial charge on any atom is 0.105 e. The Kier molecular flexibility index (Phi) is 4.47. The molecular weight excluding hydrogens is 460 g/mol. The molecule has 0 unspecified atom stereocenters. The van der Waals surface area contributed by atoms with Crippen LogP contribution in [0.5, 0.6) is 0 Å². The van der Waals surface area contributed by atoms with Crippen LogP contribution in [0.1, 0.15) is 0 Å². The molecule has 2 heterocycles. The van der Waals surface area contributed by atoms with Crippen molar-refractivity contribution in [1.82, 2.24) is 9.13 Å². The molecule has 2 nitrogen and oxygen atoms in total. The lowest BCUT2D eigenvalue weighted by atomic mass is 10.0. The van der Waals surface area contributed by atoms with Crippen molar-refractivity contribution in [2.24, 2.45) is 0 Å². The number of benzene rings is 5. The Morgan fingerprint density at radius 2 is 0.921 bits per heavy atom. The average Bonchev–Trinajstić information content (AvgIpc) is 3.51. The van der Waals surface area contributed by atoms with Gasteiger partial charge in [-0.15, -0.1) is 0 Å².